The molecule has 29 heavy (non-hydrogen) atoms. The minimum absolute atomic E-state index is 0.156. The van der Waals surface area contributed by atoms with Crippen molar-refractivity contribution < 1.29 is 14.2 Å². The molecule has 2 rings (SSSR count). The van der Waals surface area contributed by atoms with E-state index in [1.807, 2.05) is 12.1 Å². The first-order chi connectivity index (χ1) is 14.0. The van der Waals surface area contributed by atoms with Crippen LogP contribution in [0.25, 0.3) is 0 Å². The highest BCUT2D eigenvalue weighted by molar-refractivity contribution is 5.79. The van der Waals surface area contributed by atoms with Crippen molar-refractivity contribution in [3.05, 3.63) is 23.8 Å². The molecule has 1 unspecified atom stereocenters. The number of rotatable bonds is 10. The molecule has 0 saturated carbocycles. The van der Waals surface area contributed by atoms with Crippen molar-refractivity contribution in [2.45, 2.75) is 33.3 Å². The molecule has 164 valence electrons. The van der Waals surface area contributed by atoms with E-state index in [4.69, 9.17) is 19.2 Å². The Balaban J connectivity index is 1.84. The third-order valence-electron chi connectivity index (χ3n) is 4.80. The SMILES string of the molecule is CCNC(=NCC1CN(CC(C)C)CCO1)NCCc1ccc(OC)c(OC)c1. The number of hydrogen-bond donors (Lipinski definition) is 2. The number of methoxy groups -OCH3 is 2. The lowest BCUT2D eigenvalue weighted by Crippen LogP contribution is -2.46. The summed E-state index contributed by atoms with van der Waals surface area (Å²) < 4.78 is 16.6. The summed E-state index contributed by atoms with van der Waals surface area (Å²) in [4.78, 5) is 7.22. The highest BCUT2D eigenvalue weighted by Gasteiger charge is 2.20. The summed E-state index contributed by atoms with van der Waals surface area (Å²) in [7, 11) is 3.31. The molecular weight excluding hydrogens is 368 g/mol. The number of nitrogens with one attached hydrogen (secondary N) is 2. The number of benzene rings is 1. The Kier molecular flexibility index (Phi) is 10.1. The highest BCUT2D eigenvalue weighted by atomic mass is 16.5. The molecule has 0 spiro atoms. The molecule has 0 radical (unpaired) electrons. The number of aliphatic imine (C=N–C) groups is 1. The quantitative estimate of drug-likeness (QED) is 0.459. The van der Waals surface area contributed by atoms with Crippen LogP contribution >= 0.6 is 0 Å². The maximum atomic E-state index is 5.91. The van der Waals surface area contributed by atoms with Gasteiger partial charge < -0.3 is 24.8 Å². The summed E-state index contributed by atoms with van der Waals surface area (Å²) in [5.74, 6) is 3.01. The molecule has 0 aliphatic carbocycles. The minimum Gasteiger partial charge on any atom is -0.493 e. The van der Waals surface area contributed by atoms with Gasteiger partial charge in [-0.05, 0) is 37.0 Å². The van der Waals surface area contributed by atoms with Crippen molar-refractivity contribution in [3.8, 4) is 11.5 Å². The van der Waals surface area contributed by atoms with Crippen LogP contribution in [0, 0.1) is 5.92 Å². The van der Waals surface area contributed by atoms with Crippen LogP contribution in [0.3, 0.4) is 0 Å². The molecule has 1 fully saturated rings. The zero-order valence-corrected chi connectivity index (χ0v) is 18.7. The van der Waals surface area contributed by atoms with E-state index in [1.54, 1.807) is 14.2 Å². The van der Waals surface area contributed by atoms with E-state index >= 15 is 0 Å². The van der Waals surface area contributed by atoms with Gasteiger partial charge >= 0.3 is 0 Å². The zero-order valence-electron chi connectivity index (χ0n) is 18.7. The van der Waals surface area contributed by atoms with Gasteiger partial charge in [-0.25, -0.2) is 0 Å². The highest BCUT2D eigenvalue weighted by Crippen LogP contribution is 2.27. The average Bonchev–Trinajstić information content (AvgIpc) is 2.71. The predicted molar refractivity (Wildman–Crippen MR) is 118 cm³/mol. The summed E-state index contributed by atoms with van der Waals surface area (Å²) in [6, 6.07) is 6.02. The molecule has 0 amide bonds. The lowest BCUT2D eigenvalue weighted by molar-refractivity contribution is -0.0261. The van der Waals surface area contributed by atoms with Crippen LogP contribution in [-0.4, -0.2) is 77.1 Å². The maximum absolute atomic E-state index is 5.91. The van der Waals surface area contributed by atoms with Crippen molar-refractivity contribution in [3.63, 3.8) is 0 Å². The van der Waals surface area contributed by atoms with E-state index in [0.717, 1.165) is 63.2 Å². The van der Waals surface area contributed by atoms with Crippen LogP contribution in [0.5, 0.6) is 11.5 Å². The Morgan fingerprint density at radius 2 is 2.03 bits per heavy atom. The van der Waals surface area contributed by atoms with E-state index in [9.17, 15) is 0 Å². The number of nitrogens with zero attached hydrogens (tertiary/aromatic N) is 2. The second kappa shape index (κ2) is 12.5. The molecule has 7 heteroatoms. The number of ether oxygens (including phenoxy) is 3. The molecule has 0 aromatic heterocycles. The second-order valence-corrected chi connectivity index (χ2v) is 7.73. The van der Waals surface area contributed by atoms with Gasteiger partial charge in [-0.3, -0.25) is 9.89 Å². The number of hydrogen-bond acceptors (Lipinski definition) is 5. The first-order valence-corrected chi connectivity index (χ1v) is 10.6. The first-order valence-electron chi connectivity index (χ1n) is 10.6. The number of morpholine rings is 1. The van der Waals surface area contributed by atoms with Crippen LogP contribution in [0.1, 0.15) is 26.3 Å². The fourth-order valence-electron chi connectivity index (χ4n) is 3.47. The summed E-state index contributed by atoms with van der Waals surface area (Å²) in [5.41, 5.74) is 1.19. The van der Waals surface area contributed by atoms with Gasteiger partial charge in [0.2, 0.25) is 0 Å². The van der Waals surface area contributed by atoms with Crippen molar-refractivity contribution >= 4 is 5.96 Å². The molecule has 0 bridgehead atoms. The Labute approximate surface area is 175 Å². The van der Waals surface area contributed by atoms with Crippen molar-refractivity contribution in [1.29, 1.82) is 0 Å². The Morgan fingerprint density at radius 1 is 1.24 bits per heavy atom. The average molecular weight is 407 g/mol. The summed E-state index contributed by atoms with van der Waals surface area (Å²) in [6.45, 7) is 12.7. The van der Waals surface area contributed by atoms with Crippen LogP contribution in [0.15, 0.2) is 23.2 Å². The first kappa shape index (κ1) is 23.3. The van der Waals surface area contributed by atoms with Crippen molar-refractivity contribution in [1.82, 2.24) is 15.5 Å². The molecule has 1 atom stereocenters. The molecule has 1 saturated heterocycles. The zero-order chi connectivity index (χ0) is 21.1. The van der Waals surface area contributed by atoms with E-state index in [1.165, 1.54) is 5.56 Å². The third-order valence-corrected chi connectivity index (χ3v) is 4.80. The summed E-state index contributed by atoms with van der Waals surface area (Å²) in [6.07, 6.45) is 1.02. The second-order valence-electron chi connectivity index (χ2n) is 7.73. The van der Waals surface area contributed by atoms with Crippen molar-refractivity contribution in [2.24, 2.45) is 10.9 Å². The Morgan fingerprint density at radius 3 is 2.72 bits per heavy atom. The van der Waals surface area contributed by atoms with Gasteiger partial charge in [0.1, 0.15) is 0 Å². The molecular formula is C22H38N4O3. The van der Waals surface area contributed by atoms with Gasteiger partial charge in [-0.15, -0.1) is 0 Å². The Hall–Kier alpha value is -1.99. The summed E-state index contributed by atoms with van der Waals surface area (Å²) in [5, 5.41) is 6.73. The maximum Gasteiger partial charge on any atom is 0.191 e. The van der Waals surface area contributed by atoms with Gasteiger partial charge in [0.05, 0.1) is 33.5 Å². The molecule has 1 heterocycles. The van der Waals surface area contributed by atoms with Crippen LogP contribution in [-0.2, 0) is 11.2 Å². The van der Waals surface area contributed by atoms with Gasteiger partial charge in [-0.2, -0.15) is 0 Å². The van der Waals surface area contributed by atoms with Crippen LogP contribution in [0.4, 0.5) is 0 Å². The number of guanidine groups is 1. The van der Waals surface area contributed by atoms with Gasteiger partial charge in [0.25, 0.3) is 0 Å². The van der Waals surface area contributed by atoms with Crippen molar-refractivity contribution in [2.75, 3.05) is 60.1 Å². The molecule has 1 aliphatic heterocycles. The fourth-order valence-corrected chi connectivity index (χ4v) is 3.47. The largest absolute Gasteiger partial charge is 0.493 e. The van der Waals surface area contributed by atoms with E-state index in [0.29, 0.717) is 12.5 Å². The monoisotopic (exact) mass is 406 g/mol. The summed E-state index contributed by atoms with van der Waals surface area (Å²) >= 11 is 0. The molecule has 2 N–H and O–H groups in total. The molecule has 7 nitrogen and oxygen atoms in total. The van der Waals surface area contributed by atoms with Gasteiger partial charge in [0, 0.05) is 32.7 Å². The van der Waals surface area contributed by atoms with E-state index in [-0.39, 0.29) is 6.10 Å². The van der Waals surface area contributed by atoms with Gasteiger partial charge in [0.15, 0.2) is 17.5 Å². The molecule has 1 aromatic rings. The molecule has 1 aliphatic rings. The Bertz CT molecular complexity index is 636. The minimum atomic E-state index is 0.156. The smallest absolute Gasteiger partial charge is 0.191 e. The fraction of sp³-hybridized carbons (Fsp3) is 0.682. The van der Waals surface area contributed by atoms with E-state index in [2.05, 4.69) is 42.4 Å². The normalized spacial score (nSPS) is 18.0. The topological polar surface area (TPSA) is 67.4 Å². The lowest BCUT2D eigenvalue weighted by Gasteiger charge is -2.33. The third kappa shape index (κ3) is 8.11. The lowest BCUT2D eigenvalue weighted by atomic mass is 10.1. The van der Waals surface area contributed by atoms with Crippen LogP contribution in [0.2, 0.25) is 0 Å². The van der Waals surface area contributed by atoms with Crippen LogP contribution < -0.4 is 20.1 Å². The molecule has 1 aromatic carbocycles. The predicted octanol–water partition coefficient (Wildman–Crippen LogP) is 2.16. The standard InChI is InChI=1S/C22H38N4O3/c1-6-23-22(25-14-19-16-26(11-12-29-19)15-17(2)3)24-10-9-18-7-8-20(27-4)21(13-18)28-5/h7-8,13,17,19H,6,9-12,14-16H2,1-5H3,(H2,23,24,25). The van der Waals surface area contributed by atoms with E-state index < -0.39 is 0 Å². The van der Waals surface area contributed by atoms with Gasteiger partial charge in [-0.1, -0.05) is 19.9 Å².